The Balaban J connectivity index is 2.20. The Morgan fingerprint density at radius 3 is 2.48 bits per heavy atom. The van der Waals surface area contributed by atoms with E-state index in [1.54, 1.807) is 38.4 Å². The van der Waals surface area contributed by atoms with Crippen LogP contribution < -0.4 is 14.8 Å². The van der Waals surface area contributed by atoms with E-state index in [1.165, 1.54) is 12.1 Å². The van der Waals surface area contributed by atoms with Gasteiger partial charge in [0, 0.05) is 24.1 Å². The van der Waals surface area contributed by atoms with E-state index < -0.39 is 0 Å². The fourth-order valence-electron chi connectivity index (χ4n) is 2.79. The average Bonchev–Trinajstić information content (AvgIpc) is 3.03. The highest BCUT2D eigenvalue weighted by Crippen LogP contribution is 2.40. The molecule has 0 aliphatic heterocycles. The van der Waals surface area contributed by atoms with E-state index >= 15 is 0 Å². The zero-order valence-corrected chi connectivity index (χ0v) is 15.8. The standard InChI is InChI=1S/C21H22FNO4/c1-12(2)11-26-18-10-16-15(9-17(18)25-4)19(21(24)23-3)20(27-16)13-5-7-14(22)8-6-13/h5-10,12H,11H2,1-4H3,(H,23,24). The van der Waals surface area contributed by atoms with Gasteiger partial charge in [0.05, 0.1) is 19.3 Å². The zero-order chi connectivity index (χ0) is 19.6. The van der Waals surface area contributed by atoms with E-state index in [2.05, 4.69) is 5.32 Å². The lowest BCUT2D eigenvalue weighted by Gasteiger charge is -2.12. The third-order valence-electron chi connectivity index (χ3n) is 4.11. The molecule has 3 rings (SSSR count). The highest BCUT2D eigenvalue weighted by Gasteiger charge is 2.23. The number of halogens is 1. The Labute approximate surface area is 157 Å². The van der Waals surface area contributed by atoms with Gasteiger partial charge >= 0.3 is 0 Å². The molecule has 0 unspecified atom stereocenters. The smallest absolute Gasteiger partial charge is 0.255 e. The maximum absolute atomic E-state index is 13.3. The summed E-state index contributed by atoms with van der Waals surface area (Å²) >= 11 is 0. The average molecular weight is 371 g/mol. The van der Waals surface area contributed by atoms with Crippen LogP contribution in [-0.2, 0) is 0 Å². The first kappa shape index (κ1) is 18.8. The number of methoxy groups -OCH3 is 1. The van der Waals surface area contributed by atoms with Gasteiger partial charge in [-0.05, 0) is 36.2 Å². The fourth-order valence-corrected chi connectivity index (χ4v) is 2.79. The van der Waals surface area contributed by atoms with Gasteiger partial charge in [-0.3, -0.25) is 4.79 Å². The number of carbonyl (C=O) groups is 1. The van der Waals surface area contributed by atoms with E-state index in [0.29, 0.717) is 51.9 Å². The van der Waals surface area contributed by atoms with Crippen LogP contribution in [0.2, 0.25) is 0 Å². The van der Waals surface area contributed by atoms with Gasteiger partial charge in [0.2, 0.25) is 0 Å². The molecule has 0 saturated carbocycles. The zero-order valence-electron chi connectivity index (χ0n) is 15.8. The first-order chi connectivity index (χ1) is 12.9. The molecule has 0 atom stereocenters. The highest BCUT2D eigenvalue weighted by atomic mass is 19.1. The number of rotatable bonds is 6. The third-order valence-corrected chi connectivity index (χ3v) is 4.11. The van der Waals surface area contributed by atoms with Crippen LogP contribution >= 0.6 is 0 Å². The van der Waals surface area contributed by atoms with Crippen LogP contribution in [0.4, 0.5) is 4.39 Å². The molecular weight excluding hydrogens is 349 g/mol. The van der Waals surface area contributed by atoms with Crippen molar-refractivity contribution in [3.8, 4) is 22.8 Å². The number of furan rings is 1. The monoisotopic (exact) mass is 371 g/mol. The van der Waals surface area contributed by atoms with Gasteiger partial charge in [-0.2, -0.15) is 0 Å². The summed E-state index contributed by atoms with van der Waals surface area (Å²) in [6, 6.07) is 9.25. The highest BCUT2D eigenvalue weighted by molar-refractivity contribution is 6.11. The van der Waals surface area contributed by atoms with Gasteiger partial charge < -0.3 is 19.2 Å². The van der Waals surface area contributed by atoms with Crippen LogP contribution in [0, 0.1) is 11.7 Å². The Kier molecular flexibility index (Phi) is 5.35. The van der Waals surface area contributed by atoms with Gasteiger partial charge in [-0.1, -0.05) is 13.8 Å². The number of nitrogens with one attached hydrogen (secondary N) is 1. The number of hydrogen-bond donors (Lipinski definition) is 1. The molecule has 0 aliphatic carbocycles. The summed E-state index contributed by atoms with van der Waals surface area (Å²) in [7, 11) is 3.09. The van der Waals surface area contributed by atoms with E-state index in [4.69, 9.17) is 13.9 Å². The van der Waals surface area contributed by atoms with Crippen molar-refractivity contribution in [1.82, 2.24) is 5.32 Å². The lowest BCUT2D eigenvalue weighted by molar-refractivity contribution is 0.0964. The number of benzene rings is 2. The Morgan fingerprint density at radius 2 is 1.89 bits per heavy atom. The first-order valence-corrected chi connectivity index (χ1v) is 8.70. The van der Waals surface area contributed by atoms with E-state index in [0.717, 1.165) is 0 Å². The van der Waals surface area contributed by atoms with Crippen LogP contribution in [0.25, 0.3) is 22.3 Å². The molecule has 2 aromatic carbocycles. The van der Waals surface area contributed by atoms with Crippen molar-refractivity contribution in [2.75, 3.05) is 20.8 Å². The van der Waals surface area contributed by atoms with Crippen molar-refractivity contribution in [2.24, 2.45) is 5.92 Å². The molecule has 1 heterocycles. The van der Waals surface area contributed by atoms with Crippen molar-refractivity contribution in [3.63, 3.8) is 0 Å². The fraction of sp³-hybridized carbons (Fsp3) is 0.286. The summed E-state index contributed by atoms with van der Waals surface area (Å²) in [4.78, 5) is 12.5. The topological polar surface area (TPSA) is 60.7 Å². The quantitative estimate of drug-likeness (QED) is 0.686. The molecule has 6 heteroatoms. The van der Waals surface area contributed by atoms with Crippen molar-refractivity contribution < 1.29 is 23.1 Å². The first-order valence-electron chi connectivity index (χ1n) is 8.70. The Hall–Kier alpha value is -3.02. The Morgan fingerprint density at radius 1 is 1.19 bits per heavy atom. The summed E-state index contributed by atoms with van der Waals surface area (Å²) in [6.45, 7) is 4.62. The molecule has 1 amide bonds. The number of ether oxygens (including phenoxy) is 2. The van der Waals surface area contributed by atoms with Crippen LogP contribution in [0.15, 0.2) is 40.8 Å². The third kappa shape index (κ3) is 3.74. The van der Waals surface area contributed by atoms with Gasteiger partial charge in [0.1, 0.15) is 17.2 Å². The molecule has 0 aliphatic rings. The molecule has 0 spiro atoms. The maximum atomic E-state index is 13.3. The van der Waals surface area contributed by atoms with E-state index in [-0.39, 0.29) is 11.7 Å². The maximum Gasteiger partial charge on any atom is 0.255 e. The second-order valence-corrected chi connectivity index (χ2v) is 6.60. The SMILES string of the molecule is CNC(=O)c1c(-c2ccc(F)cc2)oc2cc(OCC(C)C)c(OC)cc12. The van der Waals surface area contributed by atoms with Crippen LogP contribution in [0.5, 0.6) is 11.5 Å². The molecule has 0 saturated heterocycles. The normalized spacial score (nSPS) is 11.0. The minimum absolute atomic E-state index is 0.300. The van der Waals surface area contributed by atoms with Crippen molar-refractivity contribution >= 4 is 16.9 Å². The van der Waals surface area contributed by atoms with Gasteiger partial charge in [-0.25, -0.2) is 4.39 Å². The van der Waals surface area contributed by atoms with E-state index in [1.807, 2.05) is 13.8 Å². The van der Waals surface area contributed by atoms with Gasteiger partial charge in [-0.15, -0.1) is 0 Å². The number of fused-ring (bicyclic) bond motifs is 1. The second-order valence-electron chi connectivity index (χ2n) is 6.60. The van der Waals surface area contributed by atoms with Crippen LogP contribution in [0.3, 0.4) is 0 Å². The largest absolute Gasteiger partial charge is 0.493 e. The molecule has 1 aromatic heterocycles. The molecule has 0 fully saturated rings. The van der Waals surface area contributed by atoms with Crippen molar-refractivity contribution in [3.05, 3.63) is 47.8 Å². The van der Waals surface area contributed by atoms with Crippen LogP contribution in [-0.4, -0.2) is 26.7 Å². The number of carbonyl (C=O) groups excluding carboxylic acids is 1. The lowest BCUT2D eigenvalue weighted by atomic mass is 10.0. The summed E-state index contributed by atoms with van der Waals surface area (Å²) in [5, 5.41) is 3.23. The molecule has 142 valence electrons. The Bertz CT molecular complexity index is 960. The molecule has 0 radical (unpaired) electrons. The summed E-state index contributed by atoms with van der Waals surface area (Å²) in [5.41, 5.74) is 1.47. The molecular formula is C21H22FNO4. The minimum Gasteiger partial charge on any atom is -0.493 e. The summed E-state index contributed by atoms with van der Waals surface area (Å²) < 4.78 is 30.5. The van der Waals surface area contributed by atoms with Crippen LogP contribution in [0.1, 0.15) is 24.2 Å². The summed E-state index contributed by atoms with van der Waals surface area (Å²) in [6.07, 6.45) is 0. The number of amides is 1. The number of hydrogen-bond acceptors (Lipinski definition) is 4. The lowest BCUT2D eigenvalue weighted by Crippen LogP contribution is -2.18. The minimum atomic E-state index is -0.359. The van der Waals surface area contributed by atoms with Gasteiger partial charge in [0.25, 0.3) is 5.91 Å². The van der Waals surface area contributed by atoms with Gasteiger partial charge in [0.15, 0.2) is 11.5 Å². The second kappa shape index (κ2) is 7.70. The molecule has 1 N–H and O–H groups in total. The van der Waals surface area contributed by atoms with Crippen molar-refractivity contribution in [2.45, 2.75) is 13.8 Å². The van der Waals surface area contributed by atoms with E-state index in [9.17, 15) is 9.18 Å². The predicted molar refractivity (Wildman–Crippen MR) is 102 cm³/mol. The molecule has 27 heavy (non-hydrogen) atoms. The summed E-state index contributed by atoms with van der Waals surface area (Å²) in [5.74, 6) is 1.11. The molecule has 5 nitrogen and oxygen atoms in total. The molecule has 3 aromatic rings. The molecule has 0 bridgehead atoms. The van der Waals surface area contributed by atoms with Crippen molar-refractivity contribution in [1.29, 1.82) is 0 Å². The predicted octanol–water partition coefficient (Wildman–Crippen LogP) is 4.64.